The van der Waals surface area contributed by atoms with Gasteiger partial charge in [0.15, 0.2) is 18.1 Å². The van der Waals surface area contributed by atoms with Gasteiger partial charge in [-0.15, -0.1) is 0 Å². The van der Waals surface area contributed by atoms with Crippen molar-refractivity contribution in [2.45, 2.75) is 6.42 Å². The summed E-state index contributed by atoms with van der Waals surface area (Å²) in [6, 6.07) is 19.7. The minimum absolute atomic E-state index is 0.000517. The van der Waals surface area contributed by atoms with Gasteiger partial charge < -0.3 is 19.5 Å². The second kappa shape index (κ2) is 7.35. The molecule has 0 aliphatic carbocycles. The number of amides is 1. The molecule has 0 atom stereocenters. The molecule has 0 bridgehead atoms. The predicted octanol–water partition coefficient (Wildman–Crippen LogP) is 3.31. The van der Waals surface area contributed by atoms with Gasteiger partial charge in [-0.2, -0.15) is 0 Å². The van der Waals surface area contributed by atoms with Gasteiger partial charge in [-0.05, 0) is 47.0 Å². The van der Waals surface area contributed by atoms with Crippen LogP contribution in [0.1, 0.15) is 5.56 Å². The molecule has 0 saturated heterocycles. The lowest BCUT2D eigenvalue weighted by Gasteiger charge is -2.09. The number of hydrogen-bond donors (Lipinski definition) is 1. The molecular formula is C21H19NO4. The number of carbonyl (C=O) groups is 1. The number of nitrogens with one attached hydrogen (secondary N) is 1. The Morgan fingerprint density at radius 2 is 1.81 bits per heavy atom. The first kappa shape index (κ1) is 16.3. The van der Waals surface area contributed by atoms with Crippen molar-refractivity contribution in [1.29, 1.82) is 0 Å². The molecule has 1 N–H and O–H groups in total. The zero-order valence-electron chi connectivity index (χ0n) is 14.2. The van der Waals surface area contributed by atoms with Gasteiger partial charge >= 0.3 is 0 Å². The molecule has 1 heterocycles. The van der Waals surface area contributed by atoms with Crippen LogP contribution >= 0.6 is 0 Å². The van der Waals surface area contributed by atoms with Gasteiger partial charge in [0.05, 0.1) is 0 Å². The quantitative estimate of drug-likeness (QED) is 0.742. The largest absolute Gasteiger partial charge is 0.484 e. The van der Waals surface area contributed by atoms with Crippen LogP contribution in [0.2, 0.25) is 0 Å². The molecule has 4 rings (SSSR count). The summed E-state index contributed by atoms with van der Waals surface area (Å²) in [6.07, 6.45) is 0.721. The van der Waals surface area contributed by atoms with Crippen LogP contribution in [0.15, 0.2) is 60.7 Å². The molecule has 5 heteroatoms. The molecule has 0 unspecified atom stereocenters. The molecule has 1 amide bonds. The molecule has 3 aromatic rings. The normalized spacial score (nSPS) is 12.2. The van der Waals surface area contributed by atoms with Crippen molar-refractivity contribution in [3.05, 3.63) is 66.2 Å². The fourth-order valence-corrected chi connectivity index (χ4v) is 2.90. The highest BCUT2D eigenvalue weighted by molar-refractivity contribution is 5.84. The Kier molecular flexibility index (Phi) is 4.60. The van der Waals surface area contributed by atoms with E-state index in [1.807, 2.05) is 60.7 Å². The van der Waals surface area contributed by atoms with Crippen LogP contribution in [0.3, 0.4) is 0 Å². The number of benzene rings is 3. The highest BCUT2D eigenvalue weighted by Gasteiger charge is 2.13. The summed E-state index contributed by atoms with van der Waals surface area (Å²) in [5.41, 5.74) is 1.09. The topological polar surface area (TPSA) is 56.8 Å². The maximum Gasteiger partial charge on any atom is 0.257 e. The Balaban J connectivity index is 1.24. The van der Waals surface area contributed by atoms with E-state index in [1.165, 1.54) is 0 Å². The maximum absolute atomic E-state index is 12.0. The van der Waals surface area contributed by atoms with Crippen molar-refractivity contribution < 1.29 is 19.0 Å². The van der Waals surface area contributed by atoms with E-state index in [2.05, 4.69) is 5.32 Å². The number of rotatable bonds is 6. The van der Waals surface area contributed by atoms with E-state index in [0.717, 1.165) is 34.3 Å². The standard InChI is InChI=1S/C21H19NO4/c23-21(13-24-18-7-6-16-3-1-2-4-17(16)12-18)22-10-9-15-5-8-19-20(11-15)26-14-25-19/h1-8,11-12H,9-10,13-14H2,(H,22,23). The lowest BCUT2D eigenvalue weighted by atomic mass is 10.1. The fraction of sp³-hybridized carbons (Fsp3) is 0.190. The molecule has 1 aliphatic rings. The summed E-state index contributed by atoms with van der Waals surface area (Å²) >= 11 is 0. The fourth-order valence-electron chi connectivity index (χ4n) is 2.90. The Morgan fingerprint density at radius 3 is 2.73 bits per heavy atom. The van der Waals surface area contributed by atoms with Crippen molar-refractivity contribution in [2.24, 2.45) is 0 Å². The smallest absolute Gasteiger partial charge is 0.257 e. The van der Waals surface area contributed by atoms with Crippen LogP contribution in [-0.2, 0) is 11.2 Å². The summed E-state index contributed by atoms with van der Waals surface area (Å²) in [6.45, 7) is 0.806. The second-order valence-electron chi connectivity index (χ2n) is 6.09. The Morgan fingerprint density at radius 1 is 0.962 bits per heavy atom. The number of carbonyl (C=O) groups excluding carboxylic acids is 1. The second-order valence-corrected chi connectivity index (χ2v) is 6.09. The third kappa shape index (κ3) is 3.72. The highest BCUT2D eigenvalue weighted by atomic mass is 16.7. The molecule has 0 radical (unpaired) electrons. The Labute approximate surface area is 151 Å². The summed E-state index contributed by atoms with van der Waals surface area (Å²) in [7, 11) is 0. The van der Waals surface area contributed by atoms with E-state index in [9.17, 15) is 4.79 Å². The summed E-state index contributed by atoms with van der Waals surface area (Å²) in [5, 5.41) is 5.11. The van der Waals surface area contributed by atoms with Crippen molar-refractivity contribution in [3.8, 4) is 17.2 Å². The van der Waals surface area contributed by atoms with Gasteiger partial charge in [0.25, 0.3) is 5.91 Å². The van der Waals surface area contributed by atoms with E-state index in [4.69, 9.17) is 14.2 Å². The van der Waals surface area contributed by atoms with Gasteiger partial charge in [-0.3, -0.25) is 4.79 Å². The highest BCUT2D eigenvalue weighted by Crippen LogP contribution is 2.32. The number of fused-ring (bicyclic) bond motifs is 2. The van der Waals surface area contributed by atoms with Gasteiger partial charge in [-0.1, -0.05) is 36.4 Å². The minimum Gasteiger partial charge on any atom is -0.484 e. The molecule has 1 aliphatic heterocycles. The zero-order chi connectivity index (χ0) is 17.8. The Bertz CT molecular complexity index is 938. The van der Waals surface area contributed by atoms with Gasteiger partial charge in [-0.25, -0.2) is 0 Å². The average molecular weight is 349 g/mol. The third-order valence-corrected chi connectivity index (χ3v) is 4.26. The number of ether oxygens (including phenoxy) is 3. The maximum atomic E-state index is 12.0. The van der Waals surface area contributed by atoms with Crippen LogP contribution in [0.5, 0.6) is 17.2 Å². The van der Waals surface area contributed by atoms with E-state index < -0.39 is 0 Å². The first-order valence-corrected chi connectivity index (χ1v) is 8.55. The van der Waals surface area contributed by atoms with Gasteiger partial charge in [0.1, 0.15) is 5.75 Å². The first-order chi connectivity index (χ1) is 12.8. The average Bonchev–Trinajstić information content (AvgIpc) is 3.14. The molecule has 26 heavy (non-hydrogen) atoms. The van der Waals surface area contributed by atoms with E-state index in [1.54, 1.807) is 0 Å². The molecule has 132 valence electrons. The van der Waals surface area contributed by atoms with Crippen molar-refractivity contribution in [3.63, 3.8) is 0 Å². The lowest BCUT2D eigenvalue weighted by Crippen LogP contribution is -2.30. The Hall–Kier alpha value is -3.21. The third-order valence-electron chi connectivity index (χ3n) is 4.26. The van der Waals surface area contributed by atoms with Gasteiger partial charge in [0, 0.05) is 6.54 Å². The monoisotopic (exact) mass is 349 g/mol. The van der Waals surface area contributed by atoms with E-state index >= 15 is 0 Å². The molecule has 0 spiro atoms. The SMILES string of the molecule is O=C(COc1ccc2ccccc2c1)NCCc1ccc2c(c1)OCO2. The summed E-state index contributed by atoms with van der Waals surface area (Å²) in [5.74, 6) is 2.07. The van der Waals surface area contributed by atoms with Crippen molar-refractivity contribution >= 4 is 16.7 Å². The summed E-state index contributed by atoms with van der Waals surface area (Å²) < 4.78 is 16.2. The van der Waals surface area contributed by atoms with Crippen LogP contribution in [0.25, 0.3) is 10.8 Å². The number of hydrogen-bond acceptors (Lipinski definition) is 4. The van der Waals surface area contributed by atoms with Crippen LogP contribution < -0.4 is 19.5 Å². The zero-order valence-corrected chi connectivity index (χ0v) is 14.2. The molecule has 0 saturated carbocycles. The molecule has 5 nitrogen and oxygen atoms in total. The van der Waals surface area contributed by atoms with Crippen molar-refractivity contribution in [1.82, 2.24) is 5.32 Å². The van der Waals surface area contributed by atoms with Crippen LogP contribution in [0.4, 0.5) is 0 Å². The van der Waals surface area contributed by atoms with Crippen LogP contribution in [0, 0.1) is 0 Å². The van der Waals surface area contributed by atoms with E-state index in [0.29, 0.717) is 12.3 Å². The van der Waals surface area contributed by atoms with Crippen LogP contribution in [-0.4, -0.2) is 25.9 Å². The van der Waals surface area contributed by atoms with E-state index in [-0.39, 0.29) is 19.3 Å². The summed E-state index contributed by atoms with van der Waals surface area (Å²) in [4.78, 5) is 12.0. The molecule has 0 aromatic heterocycles. The minimum atomic E-state index is -0.140. The van der Waals surface area contributed by atoms with Crippen molar-refractivity contribution in [2.75, 3.05) is 19.9 Å². The molecular weight excluding hydrogens is 330 g/mol. The predicted molar refractivity (Wildman–Crippen MR) is 98.7 cm³/mol. The lowest BCUT2D eigenvalue weighted by molar-refractivity contribution is -0.123. The molecule has 3 aromatic carbocycles. The van der Waals surface area contributed by atoms with Gasteiger partial charge in [0.2, 0.25) is 6.79 Å². The molecule has 0 fully saturated rings. The first-order valence-electron chi connectivity index (χ1n) is 8.55.